The van der Waals surface area contributed by atoms with Crippen LogP contribution in [0.3, 0.4) is 0 Å². The number of nitrogens with zero attached hydrogens (tertiary/aromatic N) is 3. The molecule has 4 heteroatoms. The summed E-state index contributed by atoms with van der Waals surface area (Å²) in [5.41, 5.74) is 11.6. The number of nitrogens with one attached hydrogen (secondary N) is 1. The minimum atomic E-state index is 0.776. The molecular formula is C48H32N4. The summed E-state index contributed by atoms with van der Waals surface area (Å²) in [6.45, 7) is 0. The molecule has 2 heterocycles. The summed E-state index contributed by atoms with van der Waals surface area (Å²) in [7, 11) is 0. The molecule has 0 atom stereocenters. The van der Waals surface area contributed by atoms with Crippen LogP contribution in [-0.2, 0) is 0 Å². The molecule has 8 aromatic carbocycles. The fraction of sp³-hybridized carbons (Fsp3) is 0. The first-order valence-electron chi connectivity index (χ1n) is 17.5. The van der Waals surface area contributed by atoms with Gasteiger partial charge in [0.2, 0.25) is 0 Å². The highest BCUT2D eigenvalue weighted by molar-refractivity contribution is 6.14. The van der Waals surface area contributed by atoms with E-state index >= 15 is 0 Å². The molecule has 244 valence electrons. The number of hydrogen-bond donors (Lipinski definition) is 1. The van der Waals surface area contributed by atoms with Crippen molar-refractivity contribution in [2.24, 2.45) is 4.99 Å². The van der Waals surface area contributed by atoms with Gasteiger partial charge in [0.1, 0.15) is 0 Å². The van der Waals surface area contributed by atoms with Gasteiger partial charge >= 0.3 is 0 Å². The zero-order valence-electron chi connectivity index (χ0n) is 28.2. The average molecular weight is 665 g/mol. The fourth-order valence-electron chi connectivity index (χ4n) is 7.89. The van der Waals surface area contributed by atoms with Gasteiger partial charge in [-0.25, -0.2) is 0 Å². The second-order valence-corrected chi connectivity index (χ2v) is 13.2. The van der Waals surface area contributed by atoms with Crippen molar-refractivity contribution in [1.29, 1.82) is 5.41 Å². The van der Waals surface area contributed by atoms with Gasteiger partial charge in [0.25, 0.3) is 0 Å². The molecule has 4 nitrogen and oxygen atoms in total. The number of benzene rings is 8. The lowest BCUT2D eigenvalue weighted by Gasteiger charge is -2.16. The van der Waals surface area contributed by atoms with E-state index in [2.05, 4.69) is 149 Å². The van der Waals surface area contributed by atoms with Gasteiger partial charge in [-0.15, -0.1) is 0 Å². The zero-order valence-corrected chi connectivity index (χ0v) is 28.2. The molecule has 0 aliphatic rings. The molecular weight excluding hydrogens is 633 g/mol. The molecule has 10 aromatic rings. The van der Waals surface area contributed by atoms with Crippen LogP contribution in [0.15, 0.2) is 181 Å². The topological polar surface area (TPSA) is 46.1 Å². The van der Waals surface area contributed by atoms with Crippen LogP contribution in [0.2, 0.25) is 0 Å². The molecule has 0 unspecified atom stereocenters. The smallest absolute Gasteiger partial charge is 0.0816 e. The third-order valence-corrected chi connectivity index (χ3v) is 10.3. The first-order chi connectivity index (χ1) is 25.8. The number of aromatic nitrogens is 2. The summed E-state index contributed by atoms with van der Waals surface area (Å²) in [5, 5.41) is 15.6. The standard InChI is InChI=1S/C48H32N4/c49-30-42-47(29-35-15-7-8-18-37(35)48(42)50-31-32-13-3-1-4-14-32)52-44-22-12-10-20-39(44)41-28-34(24-26-46(41)52)33-23-25-45-40(27-33)38-19-9-11-21-43(38)51(45)36-16-5-2-6-17-36/h1-31,49H. The highest BCUT2D eigenvalue weighted by atomic mass is 15.0. The van der Waals surface area contributed by atoms with Crippen molar-refractivity contribution in [3.63, 3.8) is 0 Å². The van der Waals surface area contributed by atoms with Crippen molar-refractivity contribution in [3.8, 4) is 22.5 Å². The first-order valence-corrected chi connectivity index (χ1v) is 17.5. The average Bonchev–Trinajstić information content (AvgIpc) is 3.72. The van der Waals surface area contributed by atoms with Gasteiger partial charge in [-0.3, -0.25) is 4.99 Å². The Morgan fingerprint density at radius 1 is 0.442 bits per heavy atom. The van der Waals surface area contributed by atoms with Crippen LogP contribution in [-0.4, -0.2) is 21.6 Å². The molecule has 0 aliphatic heterocycles. The van der Waals surface area contributed by atoms with Crippen molar-refractivity contribution in [2.45, 2.75) is 0 Å². The minimum absolute atomic E-state index is 0.776. The van der Waals surface area contributed by atoms with E-state index in [0.29, 0.717) is 0 Å². The first kappa shape index (κ1) is 29.8. The maximum Gasteiger partial charge on any atom is 0.0816 e. The Bertz CT molecular complexity index is 3020. The van der Waals surface area contributed by atoms with Crippen molar-refractivity contribution in [3.05, 3.63) is 187 Å². The third kappa shape index (κ3) is 4.69. The van der Waals surface area contributed by atoms with Crippen molar-refractivity contribution >= 4 is 72.5 Å². The minimum Gasteiger partial charge on any atom is -0.309 e. The Labute approximate surface area is 300 Å². The molecule has 0 amide bonds. The van der Waals surface area contributed by atoms with Gasteiger partial charge in [-0.05, 0) is 76.7 Å². The Morgan fingerprint density at radius 3 is 1.62 bits per heavy atom. The SMILES string of the molecule is N=Cc1c(-n2c3ccccc3c3cc(-c4ccc5c(c4)c4ccccc4n5-c4ccccc4)ccc32)cc2ccccc2c1N=Cc1ccccc1. The zero-order chi connectivity index (χ0) is 34.6. The highest BCUT2D eigenvalue weighted by Crippen LogP contribution is 2.41. The summed E-state index contributed by atoms with van der Waals surface area (Å²) in [4.78, 5) is 5.04. The molecule has 0 saturated heterocycles. The largest absolute Gasteiger partial charge is 0.309 e. The maximum absolute atomic E-state index is 8.71. The molecule has 0 saturated carbocycles. The number of fused-ring (bicyclic) bond motifs is 7. The van der Waals surface area contributed by atoms with E-state index in [0.717, 1.165) is 55.6 Å². The van der Waals surface area contributed by atoms with Gasteiger partial charge < -0.3 is 14.5 Å². The second-order valence-electron chi connectivity index (χ2n) is 13.2. The van der Waals surface area contributed by atoms with Crippen LogP contribution in [0.4, 0.5) is 5.69 Å². The van der Waals surface area contributed by atoms with Crippen LogP contribution in [0.5, 0.6) is 0 Å². The normalized spacial score (nSPS) is 11.8. The van der Waals surface area contributed by atoms with Crippen molar-refractivity contribution < 1.29 is 0 Å². The van der Waals surface area contributed by atoms with Crippen molar-refractivity contribution in [1.82, 2.24) is 9.13 Å². The van der Waals surface area contributed by atoms with Crippen LogP contribution in [0, 0.1) is 5.41 Å². The monoisotopic (exact) mass is 664 g/mol. The molecule has 2 aromatic heterocycles. The predicted octanol–water partition coefficient (Wildman–Crippen LogP) is 12.4. The molecule has 52 heavy (non-hydrogen) atoms. The van der Waals surface area contributed by atoms with Crippen LogP contribution < -0.4 is 0 Å². The lowest BCUT2D eigenvalue weighted by atomic mass is 10.0. The highest BCUT2D eigenvalue weighted by Gasteiger charge is 2.19. The van der Waals surface area contributed by atoms with E-state index in [9.17, 15) is 0 Å². The van der Waals surface area contributed by atoms with E-state index in [1.807, 2.05) is 42.6 Å². The van der Waals surface area contributed by atoms with Gasteiger partial charge in [0.05, 0.1) is 33.4 Å². The van der Waals surface area contributed by atoms with Gasteiger partial charge in [0.15, 0.2) is 0 Å². The maximum atomic E-state index is 8.71. The molecule has 0 bridgehead atoms. The summed E-state index contributed by atoms with van der Waals surface area (Å²) in [5.74, 6) is 0. The Hall–Kier alpha value is -7.04. The lowest BCUT2D eigenvalue weighted by Crippen LogP contribution is -2.00. The van der Waals surface area contributed by atoms with Gasteiger partial charge in [-0.2, -0.15) is 0 Å². The lowest BCUT2D eigenvalue weighted by molar-refractivity contribution is 1.18. The summed E-state index contributed by atoms with van der Waals surface area (Å²) in [6.07, 6.45) is 3.35. The van der Waals surface area contributed by atoms with E-state index in [-0.39, 0.29) is 0 Å². The Kier molecular flexibility index (Phi) is 6.93. The Balaban J connectivity index is 1.18. The number of hydrogen-bond acceptors (Lipinski definition) is 2. The van der Waals surface area contributed by atoms with E-state index in [1.165, 1.54) is 44.4 Å². The Morgan fingerprint density at radius 2 is 0.962 bits per heavy atom. The molecule has 1 N–H and O–H groups in total. The predicted molar refractivity (Wildman–Crippen MR) is 220 cm³/mol. The number of rotatable bonds is 6. The van der Waals surface area contributed by atoms with E-state index in [4.69, 9.17) is 10.4 Å². The van der Waals surface area contributed by atoms with Crippen molar-refractivity contribution in [2.75, 3.05) is 0 Å². The summed E-state index contributed by atoms with van der Waals surface area (Å²) in [6, 6.07) is 62.1. The van der Waals surface area contributed by atoms with Crippen LogP contribution in [0.1, 0.15) is 11.1 Å². The molecule has 0 radical (unpaired) electrons. The second kappa shape index (κ2) is 12.1. The van der Waals surface area contributed by atoms with Crippen LogP contribution >= 0.6 is 0 Å². The van der Waals surface area contributed by atoms with Gasteiger partial charge in [-0.1, -0.05) is 121 Å². The fourth-order valence-corrected chi connectivity index (χ4v) is 7.89. The number of para-hydroxylation sites is 3. The molecule has 0 fully saturated rings. The number of aliphatic imine (C=N–C) groups is 1. The van der Waals surface area contributed by atoms with Crippen LogP contribution in [0.25, 0.3) is 76.9 Å². The quantitative estimate of drug-likeness (QED) is 0.172. The third-order valence-electron chi connectivity index (χ3n) is 10.3. The molecule has 10 rings (SSSR count). The molecule has 0 aliphatic carbocycles. The van der Waals surface area contributed by atoms with E-state index in [1.54, 1.807) is 0 Å². The summed E-state index contributed by atoms with van der Waals surface area (Å²) < 4.78 is 4.66. The van der Waals surface area contributed by atoms with Gasteiger partial charge in [0, 0.05) is 50.6 Å². The van der Waals surface area contributed by atoms with E-state index < -0.39 is 0 Å². The molecule has 0 spiro atoms. The summed E-state index contributed by atoms with van der Waals surface area (Å²) >= 11 is 0.